The second-order valence-corrected chi connectivity index (χ2v) is 13.2. The minimum Gasteiger partial charge on any atom is -0.469 e. The van der Waals surface area contributed by atoms with Gasteiger partial charge in [-0.1, -0.05) is 119 Å². The van der Waals surface area contributed by atoms with Crippen molar-refractivity contribution in [1.82, 2.24) is 9.80 Å². The van der Waals surface area contributed by atoms with Crippen molar-refractivity contribution in [2.75, 3.05) is 53.1 Å². The molecule has 8 heteroatoms. The van der Waals surface area contributed by atoms with E-state index in [9.17, 15) is 14.5 Å². The predicted octanol–water partition coefficient (Wildman–Crippen LogP) is 10.2. The highest BCUT2D eigenvalue weighted by Crippen LogP contribution is 2.16. The number of esters is 1. The first kappa shape index (κ1) is 41.6. The number of amides is 1. The van der Waals surface area contributed by atoms with Gasteiger partial charge in [-0.25, -0.2) is 0 Å². The molecular weight excluding hydrogens is 558 g/mol. The monoisotopic (exact) mass is 625 g/mol. The Morgan fingerprint density at radius 2 is 1.07 bits per heavy atom. The van der Waals surface area contributed by atoms with Crippen LogP contribution in [-0.2, 0) is 9.53 Å². The van der Waals surface area contributed by atoms with Crippen LogP contribution in [0.4, 0.5) is 4.79 Å². The summed E-state index contributed by atoms with van der Waals surface area (Å²) in [4.78, 5) is 38.4. The number of methoxy groups -OCH3 is 1. The molecule has 0 heterocycles. The lowest BCUT2D eigenvalue weighted by molar-refractivity contribution is -0.140. The van der Waals surface area contributed by atoms with Crippen LogP contribution in [0, 0.1) is 4.91 Å². The topological polar surface area (TPSA) is 79.3 Å². The number of carbonyl (C=O) groups is 2. The smallest absolute Gasteiger partial charge is 0.305 e. The first-order valence-corrected chi connectivity index (χ1v) is 18.6. The van der Waals surface area contributed by atoms with Crippen molar-refractivity contribution in [2.24, 2.45) is 5.18 Å². The number of nitroso groups, excluding NO2 is 1. The third-order valence-electron chi connectivity index (χ3n) is 7.89. The van der Waals surface area contributed by atoms with Gasteiger partial charge < -0.3 is 14.5 Å². The average molecular weight is 626 g/mol. The molecular formula is C35H67N3O4S. The first-order chi connectivity index (χ1) is 21.0. The Morgan fingerprint density at radius 3 is 1.53 bits per heavy atom. The van der Waals surface area contributed by atoms with Crippen LogP contribution in [-0.4, -0.2) is 74.1 Å². The summed E-state index contributed by atoms with van der Waals surface area (Å²) in [5.74, 6) is 0.773. The maximum absolute atomic E-state index is 12.9. The zero-order chi connectivity index (χ0) is 31.6. The predicted molar refractivity (Wildman–Crippen MR) is 186 cm³/mol. The Hall–Kier alpha value is -1.41. The fourth-order valence-corrected chi connectivity index (χ4v) is 6.09. The van der Waals surface area contributed by atoms with Gasteiger partial charge in [-0.05, 0) is 65.5 Å². The van der Waals surface area contributed by atoms with Crippen LogP contribution >= 0.6 is 11.8 Å². The number of hydrogen-bond donors (Lipinski definition) is 0. The van der Waals surface area contributed by atoms with Crippen LogP contribution in [0.5, 0.6) is 0 Å². The molecule has 0 rings (SSSR count). The van der Waals surface area contributed by atoms with Gasteiger partial charge in [-0.2, -0.15) is 4.91 Å². The Labute approximate surface area is 269 Å². The molecule has 0 aromatic heterocycles. The number of thioether (sulfide) groups is 1. The number of unbranched alkanes of at least 4 members (excludes halogenated alkanes) is 19. The van der Waals surface area contributed by atoms with Crippen molar-refractivity contribution < 1.29 is 14.3 Å². The summed E-state index contributed by atoms with van der Waals surface area (Å²) in [6.45, 7) is 3.19. The SMILES string of the molecule is COC(=O)CCCCCCCCCCCCCCN(CCCCCCCC/C=C/CCCCN=O)C(=O)SCCN(C)C. The van der Waals surface area contributed by atoms with E-state index in [0.717, 1.165) is 76.8 Å². The molecule has 0 aliphatic rings. The van der Waals surface area contributed by atoms with Gasteiger partial charge in [0, 0.05) is 31.8 Å². The molecule has 0 N–H and O–H groups in total. The molecule has 0 aliphatic carbocycles. The quantitative estimate of drug-likeness (QED) is 0.0320. The van der Waals surface area contributed by atoms with Crippen LogP contribution in [0.15, 0.2) is 17.3 Å². The van der Waals surface area contributed by atoms with E-state index in [1.807, 2.05) is 0 Å². The zero-order valence-electron chi connectivity index (χ0n) is 28.3. The summed E-state index contributed by atoms with van der Waals surface area (Å²) in [6, 6.07) is 0. The van der Waals surface area contributed by atoms with Gasteiger partial charge >= 0.3 is 5.97 Å². The number of carbonyl (C=O) groups excluding carboxylic acids is 2. The third-order valence-corrected chi connectivity index (χ3v) is 8.79. The molecule has 0 spiro atoms. The Balaban J connectivity index is 3.90. The number of nitrogens with zero attached hydrogens (tertiary/aromatic N) is 3. The highest BCUT2D eigenvalue weighted by atomic mass is 32.2. The number of hydrogen-bond acceptors (Lipinski definition) is 7. The maximum atomic E-state index is 12.9. The van der Waals surface area contributed by atoms with Crippen LogP contribution in [0.25, 0.3) is 0 Å². The summed E-state index contributed by atoms with van der Waals surface area (Å²) in [5, 5.41) is 3.17. The molecule has 0 aromatic rings. The fourth-order valence-electron chi connectivity index (χ4n) is 5.09. The Morgan fingerprint density at radius 1 is 0.628 bits per heavy atom. The second kappa shape index (κ2) is 33.5. The average Bonchev–Trinajstić information content (AvgIpc) is 2.99. The van der Waals surface area contributed by atoms with Crippen LogP contribution in [0.2, 0.25) is 0 Å². The largest absolute Gasteiger partial charge is 0.469 e. The van der Waals surface area contributed by atoms with Crippen LogP contribution in [0.3, 0.4) is 0 Å². The fraction of sp³-hybridized carbons (Fsp3) is 0.886. The van der Waals surface area contributed by atoms with Crippen LogP contribution < -0.4 is 0 Å². The number of allylic oxidation sites excluding steroid dienone is 2. The molecule has 0 unspecified atom stereocenters. The maximum Gasteiger partial charge on any atom is 0.305 e. The molecule has 0 fully saturated rings. The van der Waals surface area contributed by atoms with E-state index in [1.54, 1.807) is 0 Å². The molecule has 252 valence electrons. The van der Waals surface area contributed by atoms with Gasteiger partial charge in [0.15, 0.2) is 0 Å². The van der Waals surface area contributed by atoms with Gasteiger partial charge in [0.1, 0.15) is 0 Å². The summed E-state index contributed by atoms with van der Waals surface area (Å²) in [5.41, 5.74) is 0. The molecule has 0 saturated heterocycles. The van der Waals surface area contributed by atoms with E-state index in [2.05, 4.69) is 46.0 Å². The minimum atomic E-state index is -0.0883. The molecule has 0 aliphatic heterocycles. The van der Waals surface area contributed by atoms with Gasteiger partial charge in [0.2, 0.25) is 0 Å². The molecule has 0 aromatic carbocycles. The van der Waals surface area contributed by atoms with Crippen molar-refractivity contribution >= 4 is 23.0 Å². The molecule has 0 bridgehead atoms. The molecule has 7 nitrogen and oxygen atoms in total. The standard InChI is InChI=1S/C35H67N3O4S/c1-37(2)32-33-43-35(40)38(31-27-23-19-15-11-7-5-9-13-17-21-25-29-36-41)30-26-22-18-14-10-6-4-8-12-16-20-24-28-34(39)42-3/h9,13H,4-8,10-12,14-33H2,1-3H3/b13-9+. The summed E-state index contributed by atoms with van der Waals surface area (Å²) < 4.78 is 4.68. The highest BCUT2D eigenvalue weighted by molar-refractivity contribution is 8.13. The van der Waals surface area contributed by atoms with Crippen molar-refractivity contribution in [3.63, 3.8) is 0 Å². The summed E-state index contributed by atoms with van der Waals surface area (Å²) >= 11 is 1.49. The second-order valence-electron chi connectivity index (χ2n) is 12.2. The van der Waals surface area contributed by atoms with E-state index in [0.29, 0.717) is 13.0 Å². The zero-order valence-corrected chi connectivity index (χ0v) is 29.2. The van der Waals surface area contributed by atoms with Crippen molar-refractivity contribution in [2.45, 2.75) is 148 Å². The molecule has 0 saturated carbocycles. The number of ether oxygens (including phenoxy) is 1. The van der Waals surface area contributed by atoms with E-state index in [-0.39, 0.29) is 11.2 Å². The minimum absolute atomic E-state index is 0.0883. The molecule has 43 heavy (non-hydrogen) atoms. The van der Waals surface area contributed by atoms with E-state index >= 15 is 0 Å². The number of rotatable bonds is 32. The van der Waals surface area contributed by atoms with Gasteiger partial charge in [-0.15, -0.1) is 0 Å². The first-order valence-electron chi connectivity index (χ1n) is 17.6. The molecule has 0 atom stereocenters. The highest BCUT2D eigenvalue weighted by Gasteiger charge is 2.13. The van der Waals surface area contributed by atoms with Crippen molar-refractivity contribution in [1.29, 1.82) is 0 Å². The van der Waals surface area contributed by atoms with E-state index < -0.39 is 0 Å². The normalized spacial score (nSPS) is 11.4. The van der Waals surface area contributed by atoms with Gasteiger partial charge in [0.25, 0.3) is 5.24 Å². The third kappa shape index (κ3) is 31.8. The van der Waals surface area contributed by atoms with Crippen LogP contribution in [0.1, 0.15) is 148 Å². The summed E-state index contributed by atoms with van der Waals surface area (Å²) in [6.07, 6.45) is 31.4. The van der Waals surface area contributed by atoms with E-state index in [4.69, 9.17) is 0 Å². The van der Waals surface area contributed by atoms with E-state index in [1.165, 1.54) is 109 Å². The summed E-state index contributed by atoms with van der Waals surface area (Å²) in [7, 11) is 5.58. The molecule has 0 radical (unpaired) electrons. The Kier molecular flexibility index (Phi) is 32.4. The lowest BCUT2D eigenvalue weighted by atomic mass is 10.0. The van der Waals surface area contributed by atoms with Gasteiger partial charge in [0.05, 0.1) is 13.7 Å². The van der Waals surface area contributed by atoms with Crippen molar-refractivity contribution in [3.05, 3.63) is 17.1 Å². The van der Waals surface area contributed by atoms with Crippen molar-refractivity contribution in [3.8, 4) is 0 Å². The van der Waals surface area contributed by atoms with Gasteiger partial charge in [-0.3, -0.25) is 9.59 Å². The molecule has 1 amide bonds. The lowest BCUT2D eigenvalue weighted by Crippen LogP contribution is -2.30. The lowest BCUT2D eigenvalue weighted by Gasteiger charge is -2.22. The Bertz CT molecular complexity index is 675.